The number of hydrogen-bond acceptors (Lipinski definition) is 1. The molecule has 0 saturated carbocycles. The van der Waals surface area contributed by atoms with Crippen molar-refractivity contribution in [1.82, 2.24) is 0 Å². The van der Waals surface area contributed by atoms with Crippen LogP contribution in [0.3, 0.4) is 0 Å². The summed E-state index contributed by atoms with van der Waals surface area (Å²) in [6.07, 6.45) is 0. The molecule has 2 aromatic rings. The molecule has 0 aliphatic carbocycles. The predicted molar refractivity (Wildman–Crippen MR) is 77.0 cm³/mol. The number of rotatable bonds is 1. The zero-order chi connectivity index (χ0) is 13.3. The van der Waals surface area contributed by atoms with Crippen LogP contribution in [0.4, 0.5) is 0 Å². The van der Waals surface area contributed by atoms with Crippen molar-refractivity contribution < 1.29 is 5.11 Å². The van der Waals surface area contributed by atoms with E-state index in [-0.39, 0.29) is 5.41 Å². The molecule has 0 bridgehead atoms. The average Bonchev–Trinajstić information content (AvgIpc) is 2.29. The Morgan fingerprint density at radius 1 is 0.889 bits per heavy atom. The quantitative estimate of drug-likeness (QED) is 0.768. The van der Waals surface area contributed by atoms with Gasteiger partial charge in [-0.3, -0.25) is 0 Å². The molecule has 2 aromatic carbocycles. The lowest BCUT2D eigenvalue weighted by molar-refractivity contribution is 0.448. The molecule has 0 aliphatic heterocycles. The summed E-state index contributed by atoms with van der Waals surface area (Å²) in [6, 6.07) is 14.2. The number of phenolic OH excluding ortho intramolecular Hbond substituents is 1. The Bertz CT molecular complexity index is 545. The van der Waals surface area contributed by atoms with Gasteiger partial charge in [0.15, 0.2) is 0 Å². The molecule has 0 amide bonds. The molecule has 1 heteroatoms. The van der Waals surface area contributed by atoms with E-state index >= 15 is 0 Å². The van der Waals surface area contributed by atoms with E-state index in [1.807, 2.05) is 18.2 Å². The minimum absolute atomic E-state index is 0.0508. The van der Waals surface area contributed by atoms with Crippen LogP contribution in [-0.4, -0.2) is 5.11 Å². The van der Waals surface area contributed by atoms with Crippen molar-refractivity contribution in [3.05, 3.63) is 53.6 Å². The van der Waals surface area contributed by atoms with Crippen molar-refractivity contribution in [2.45, 2.75) is 33.1 Å². The Morgan fingerprint density at radius 3 is 2.06 bits per heavy atom. The van der Waals surface area contributed by atoms with Crippen LogP contribution >= 0.6 is 0 Å². The summed E-state index contributed by atoms with van der Waals surface area (Å²) in [4.78, 5) is 0. The van der Waals surface area contributed by atoms with Crippen LogP contribution in [0.25, 0.3) is 11.1 Å². The Morgan fingerprint density at radius 2 is 1.50 bits per heavy atom. The maximum Gasteiger partial charge on any atom is 0.127 e. The summed E-state index contributed by atoms with van der Waals surface area (Å²) in [6.45, 7) is 8.40. The summed E-state index contributed by atoms with van der Waals surface area (Å²) in [5.74, 6) is 0.397. The fourth-order valence-corrected chi connectivity index (χ4v) is 2.11. The molecule has 0 aliphatic rings. The maximum atomic E-state index is 10.4. The van der Waals surface area contributed by atoms with Gasteiger partial charge in [-0.05, 0) is 23.5 Å². The Balaban J connectivity index is 2.56. The van der Waals surface area contributed by atoms with Gasteiger partial charge in [-0.1, -0.05) is 68.8 Å². The van der Waals surface area contributed by atoms with E-state index in [0.717, 1.165) is 16.7 Å². The molecule has 0 fully saturated rings. The highest BCUT2D eigenvalue weighted by Gasteiger charge is 2.20. The Labute approximate surface area is 109 Å². The number of benzene rings is 2. The van der Waals surface area contributed by atoms with Crippen molar-refractivity contribution in [3.8, 4) is 16.9 Å². The highest BCUT2D eigenvalue weighted by Crippen LogP contribution is 2.38. The molecule has 1 nitrogen and oxygen atoms in total. The van der Waals surface area contributed by atoms with Crippen molar-refractivity contribution in [3.63, 3.8) is 0 Å². The van der Waals surface area contributed by atoms with E-state index in [2.05, 4.69) is 52.0 Å². The topological polar surface area (TPSA) is 20.2 Å². The molecular formula is C17H20O. The first-order chi connectivity index (χ1) is 8.39. The third-order valence-electron chi connectivity index (χ3n) is 3.21. The fourth-order valence-electron chi connectivity index (χ4n) is 2.11. The van der Waals surface area contributed by atoms with E-state index in [1.165, 1.54) is 5.56 Å². The van der Waals surface area contributed by atoms with E-state index in [1.54, 1.807) is 0 Å². The standard InChI is InChI=1S/C17H20O/c1-12-8-10-13(11-9-12)14-6-5-7-15(16(14)18)17(2,3)4/h5-11,18H,1-4H3. The molecule has 0 radical (unpaired) electrons. The monoisotopic (exact) mass is 240 g/mol. The van der Waals surface area contributed by atoms with Gasteiger partial charge in [-0.15, -0.1) is 0 Å². The van der Waals surface area contributed by atoms with Gasteiger partial charge < -0.3 is 5.11 Å². The van der Waals surface area contributed by atoms with Crippen LogP contribution in [0.5, 0.6) is 5.75 Å². The van der Waals surface area contributed by atoms with E-state index in [0.29, 0.717) is 5.75 Å². The summed E-state index contributed by atoms with van der Waals surface area (Å²) in [5.41, 5.74) is 4.13. The van der Waals surface area contributed by atoms with Crippen LogP contribution < -0.4 is 0 Å². The molecule has 0 unspecified atom stereocenters. The largest absolute Gasteiger partial charge is 0.507 e. The van der Waals surface area contributed by atoms with Crippen LogP contribution in [0, 0.1) is 6.92 Å². The summed E-state index contributed by atoms with van der Waals surface area (Å²) < 4.78 is 0. The molecule has 2 rings (SSSR count). The number of phenols is 1. The second-order valence-corrected chi connectivity index (χ2v) is 5.82. The molecule has 1 N–H and O–H groups in total. The van der Waals surface area contributed by atoms with Crippen LogP contribution in [0.2, 0.25) is 0 Å². The summed E-state index contributed by atoms with van der Waals surface area (Å²) >= 11 is 0. The van der Waals surface area contributed by atoms with Crippen molar-refractivity contribution in [2.75, 3.05) is 0 Å². The number of hydrogen-bond donors (Lipinski definition) is 1. The number of aromatic hydroxyl groups is 1. The van der Waals surface area contributed by atoms with E-state index in [4.69, 9.17) is 0 Å². The number of para-hydroxylation sites is 1. The normalized spacial score (nSPS) is 11.6. The van der Waals surface area contributed by atoms with Gasteiger partial charge in [-0.25, -0.2) is 0 Å². The average molecular weight is 240 g/mol. The van der Waals surface area contributed by atoms with Gasteiger partial charge in [0, 0.05) is 5.56 Å². The molecule has 0 spiro atoms. The summed E-state index contributed by atoms with van der Waals surface area (Å²) in [7, 11) is 0. The Kier molecular flexibility index (Phi) is 3.16. The van der Waals surface area contributed by atoms with Gasteiger partial charge in [0.2, 0.25) is 0 Å². The van der Waals surface area contributed by atoms with Crippen molar-refractivity contribution >= 4 is 0 Å². The lowest BCUT2D eigenvalue weighted by atomic mass is 9.84. The molecule has 18 heavy (non-hydrogen) atoms. The SMILES string of the molecule is Cc1ccc(-c2cccc(C(C)(C)C)c2O)cc1. The highest BCUT2D eigenvalue weighted by atomic mass is 16.3. The van der Waals surface area contributed by atoms with E-state index in [9.17, 15) is 5.11 Å². The zero-order valence-electron chi connectivity index (χ0n) is 11.5. The van der Waals surface area contributed by atoms with Gasteiger partial charge in [0.25, 0.3) is 0 Å². The minimum atomic E-state index is -0.0508. The first-order valence-electron chi connectivity index (χ1n) is 6.29. The van der Waals surface area contributed by atoms with Gasteiger partial charge in [0.05, 0.1) is 0 Å². The lowest BCUT2D eigenvalue weighted by Crippen LogP contribution is -2.11. The first-order valence-corrected chi connectivity index (χ1v) is 6.29. The third-order valence-corrected chi connectivity index (χ3v) is 3.21. The molecule has 0 heterocycles. The van der Waals surface area contributed by atoms with E-state index < -0.39 is 0 Å². The third kappa shape index (κ3) is 2.40. The summed E-state index contributed by atoms with van der Waals surface area (Å²) in [5, 5.41) is 10.4. The van der Waals surface area contributed by atoms with Gasteiger partial charge in [-0.2, -0.15) is 0 Å². The fraction of sp³-hybridized carbons (Fsp3) is 0.294. The van der Waals surface area contributed by atoms with Crippen molar-refractivity contribution in [1.29, 1.82) is 0 Å². The highest BCUT2D eigenvalue weighted by molar-refractivity contribution is 5.72. The molecule has 0 saturated heterocycles. The molecular weight excluding hydrogens is 220 g/mol. The molecule has 94 valence electrons. The molecule has 0 aromatic heterocycles. The van der Waals surface area contributed by atoms with Gasteiger partial charge >= 0.3 is 0 Å². The smallest absolute Gasteiger partial charge is 0.127 e. The Hall–Kier alpha value is -1.76. The predicted octanol–water partition coefficient (Wildman–Crippen LogP) is 4.67. The van der Waals surface area contributed by atoms with Crippen LogP contribution in [0.15, 0.2) is 42.5 Å². The second kappa shape index (κ2) is 4.49. The number of aryl methyl sites for hydroxylation is 1. The zero-order valence-corrected chi connectivity index (χ0v) is 11.5. The van der Waals surface area contributed by atoms with Crippen LogP contribution in [0.1, 0.15) is 31.9 Å². The first kappa shape index (κ1) is 12.7. The molecule has 0 atom stereocenters. The maximum absolute atomic E-state index is 10.4. The van der Waals surface area contributed by atoms with Crippen LogP contribution in [-0.2, 0) is 5.41 Å². The minimum Gasteiger partial charge on any atom is -0.507 e. The van der Waals surface area contributed by atoms with Crippen molar-refractivity contribution in [2.24, 2.45) is 0 Å². The van der Waals surface area contributed by atoms with Gasteiger partial charge in [0.1, 0.15) is 5.75 Å². The lowest BCUT2D eigenvalue weighted by Gasteiger charge is -2.22. The second-order valence-electron chi connectivity index (χ2n) is 5.82.